The predicted molar refractivity (Wildman–Crippen MR) is 204 cm³/mol. The molecule has 234 valence electrons. The molecule has 0 saturated heterocycles. The molecule has 0 saturated carbocycles. The Morgan fingerprint density at radius 1 is 0.320 bits per heavy atom. The first kappa shape index (κ1) is 28.3. The number of furan rings is 2. The molecule has 0 aliphatic rings. The molecule has 0 aliphatic heterocycles. The Balaban J connectivity index is 1.13. The summed E-state index contributed by atoms with van der Waals surface area (Å²) in [6, 6.07) is 58.3. The first-order valence-electron chi connectivity index (χ1n) is 16.7. The lowest BCUT2D eigenvalue weighted by Gasteiger charge is -2.10. The zero-order chi connectivity index (χ0) is 33.0. The van der Waals surface area contributed by atoms with Gasteiger partial charge in [-0.3, -0.25) is 0 Å². The third-order valence-electron chi connectivity index (χ3n) is 9.52. The topological polar surface area (TPSA) is 52.1 Å². The first-order chi connectivity index (χ1) is 24.8. The number of benzene rings is 7. The number of para-hydroxylation sites is 4. The van der Waals surface area contributed by atoms with E-state index in [1.807, 2.05) is 48.5 Å². The van der Waals surface area contributed by atoms with Gasteiger partial charge in [-0.2, -0.15) is 0 Å². The molecule has 10 rings (SSSR count). The summed E-state index contributed by atoms with van der Waals surface area (Å²) < 4.78 is 13.3. The van der Waals surface area contributed by atoms with Crippen LogP contribution in [0.2, 0.25) is 0 Å². The van der Waals surface area contributed by atoms with E-state index < -0.39 is 0 Å². The van der Waals surface area contributed by atoms with Crippen LogP contribution in [-0.4, -0.2) is 9.97 Å². The first-order valence-corrected chi connectivity index (χ1v) is 16.7. The van der Waals surface area contributed by atoms with Gasteiger partial charge >= 0.3 is 0 Å². The molecular formula is C46H28N2O2. The molecule has 0 atom stereocenters. The zero-order valence-electron chi connectivity index (χ0n) is 26.9. The van der Waals surface area contributed by atoms with Crippen LogP contribution < -0.4 is 0 Å². The quantitative estimate of drug-likeness (QED) is 0.188. The van der Waals surface area contributed by atoms with E-state index in [0.29, 0.717) is 5.82 Å². The largest absolute Gasteiger partial charge is 0.455 e. The summed E-state index contributed by atoms with van der Waals surface area (Å²) >= 11 is 0. The molecule has 50 heavy (non-hydrogen) atoms. The second-order valence-corrected chi connectivity index (χ2v) is 12.5. The van der Waals surface area contributed by atoms with Gasteiger partial charge in [0.15, 0.2) is 5.82 Å². The number of hydrogen-bond acceptors (Lipinski definition) is 4. The molecule has 10 aromatic rings. The smallest absolute Gasteiger partial charge is 0.160 e. The van der Waals surface area contributed by atoms with Gasteiger partial charge in [0.1, 0.15) is 22.3 Å². The van der Waals surface area contributed by atoms with Crippen LogP contribution in [0.3, 0.4) is 0 Å². The van der Waals surface area contributed by atoms with Gasteiger partial charge in [0.25, 0.3) is 0 Å². The van der Waals surface area contributed by atoms with E-state index in [-0.39, 0.29) is 0 Å². The third kappa shape index (κ3) is 4.61. The fourth-order valence-electron chi connectivity index (χ4n) is 7.13. The summed E-state index contributed by atoms with van der Waals surface area (Å²) in [6.07, 6.45) is 0. The van der Waals surface area contributed by atoms with Gasteiger partial charge in [0.05, 0.1) is 11.4 Å². The van der Waals surface area contributed by atoms with E-state index >= 15 is 0 Å². The molecule has 0 N–H and O–H groups in total. The number of rotatable bonds is 5. The second kappa shape index (κ2) is 11.4. The minimum atomic E-state index is 0.671. The van der Waals surface area contributed by atoms with Crippen LogP contribution in [0.25, 0.3) is 100 Å². The van der Waals surface area contributed by atoms with Crippen molar-refractivity contribution in [3.63, 3.8) is 0 Å². The minimum absolute atomic E-state index is 0.671. The van der Waals surface area contributed by atoms with Gasteiger partial charge in [-0.1, -0.05) is 152 Å². The second-order valence-electron chi connectivity index (χ2n) is 12.5. The molecule has 0 radical (unpaired) electrons. The third-order valence-corrected chi connectivity index (χ3v) is 9.52. The lowest BCUT2D eigenvalue weighted by atomic mass is 9.98. The number of fused-ring (bicyclic) bond motifs is 6. The molecule has 0 amide bonds. The maximum absolute atomic E-state index is 6.87. The van der Waals surface area contributed by atoms with Crippen LogP contribution in [0.5, 0.6) is 0 Å². The van der Waals surface area contributed by atoms with E-state index in [0.717, 1.165) is 94.2 Å². The average Bonchev–Trinajstić information content (AvgIpc) is 3.77. The fourth-order valence-corrected chi connectivity index (χ4v) is 7.13. The molecule has 4 heteroatoms. The maximum atomic E-state index is 6.87. The van der Waals surface area contributed by atoms with Crippen molar-refractivity contribution < 1.29 is 8.83 Å². The number of nitrogens with zero attached hydrogens (tertiary/aromatic N) is 2. The van der Waals surface area contributed by atoms with Crippen LogP contribution in [0.15, 0.2) is 179 Å². The molecular weight excluding hydrogens is 613 g/mol. The highest BCUT2D eigenvalue weighted by Gasteiger charge is 2.19. The average molecular weight is 641 g/mol. The number of aromatic nitrogens is 2. The van der Waals surface area contributed by atoms with Crippen molar-refractivity contribution in [2.45, 2.75) is 0 Å². The summed E-state index contributed by atoms with van der Waals surface area (Å²) in [7, 11) is 0. The normalized spacial score (nSPS) is 11.6. The Morgan fingerprint density at radius 3 is 1.44 bits per heavy atom. The van der Waals surface area contributed by atoms with E-state index in [1.54, 1.807) is 0 Å². The van der Waals surface area contributed by atoms with E-state index in [4.69, 9.17) is 18.8 Å². The van der Waals surface area contributed by atoms with Gasteiger partial charge in [0.2, 0.25) is 0 Å². The van der Waals surface area contributed by atoms with Gasteiger partial charge in [-0.25, -0.2) is 9.97 Å². The lowest BCUT2D eigenvalue weighted by molar-refractivity contribution is 0.665. The van der Waals surface area contributed by atoms with Crippen LogP contribution in [0.1, 0.15) is 0 Å². The standard InChI is InChI=1S/C46H28N2O2/c1-3-13-29(14-4-1)40-28-41(30-15-5-2-6-16-30)48-46(47-40)32-18-9-17-31(27-32)33-20-10-22-36-38-24-12-25-39(45(38)50-43(33)36)37-23-11-21-35-34-19-7-8-26-42(34)49-44(35)37/h1-28H. The van der Waals surface area contributed by atoms with Crippen LogP contribution >= 0.6 is 0 Å². The SMILES string of the molecule is c1ccc(-c2cc(-c3ccccc3)nc(-c3cccc(-c4cccc5c4oc4c(-c6cccc7c6oc6ccccc67)cccc45)c3)n2)cc1. The Hall–Kier alpha value is -6.78. The van der Waals surface area contributed by atoms with Crippen molar-refractivity contribution >= 4 is 43.9 Å². The Kier molecular flexibility index (Phi) is 6.46. The summed E-state index contributed by atoms with van der Waals surface area (Å²) in [6.45, 7) is 0. The molecule has 0 aliphatic carbocycles. The molecule has 4 nitrogen and oxygen atoms in total. The Labute approximate surface area is 287 Å². The molecule has 0 bridgehead atoms. The summed E-state index contributed by atoms with van der Waals surface area (Å²) in [5, 5.41) is 4.33. The highest BCUT2D eigenvalue weighted by Crippen LogP contribution is 2.43. The van der Waals surface area contributed by atoms with Crippen LogP contribution in [-0.2, 0) is 0 Å². The van der Waals surface area contributed by atoms with Gasteiger partial charge in [-0.15, -0.1) is 0 Å². The van der Waals surface area contributed by atoms with Crippen molar-refractivity contribution in [2.75, 3.05) is 0 Å². The molecule has 3 aromatic heterocycles. The fraction of sp³-hybridized carbons (Fsp3) is 0. The zero-order valence-corrected chi connectivity index (χ0v) is 26.9. The number of hydrogen-bond donors (Lipinski definition) is 0. The van der Waals surface area contributed by atoms with Crippen molar-refractivity contribution in [1.29, 1.82) is 0 Å². The minimum Gasteiger partial charge on any atom is -0.455 e. The van der Waals surface area contributed by atoms with Crippen molar-refractivity contribution in [2.24, 2.45) is 0 Å². The molecule has 7 aromatic carbocycles. The summed E-state index contributed by atoms with van der Waals surface area (Å²) in [4.78, 5) is 10.1. The highest BCUT2D eigenvalue weighted by molar-refractivity contribution is 6.16. The summed E-state index contributed by atoms with van der Waals surface area (Å²) in [5.74, 6) is 0.671. The predicted octanol–water partition coefficient (Wildman–Crippen LogP) is 12.6. The van der Waals surface area contributed by atoms with Gasteiger partial charge in [0, 0.05) is 54.9 Å². The van der Waals surface area contributed by atoms with E-state index in [1.165, 1.54) is 0 Å². The monoisotopic (exact) mass is 640 g/mol. The van der Waals surface area contributed by atoms with Crippen molar-refractivity contribution in [3.8, 4) is 56.2 Å². The highest BCUT2D eigenvalue weighted by atomic mass is 16.3. The van der Waals surface area contributed by atoms with Crippen LogP contribution in [0.4, 0.5) is 0 Å². The Bertz CT molecular complexity index is 2810. The molecule has 3 heterocycles. The Morgan fingerprint density at radius 2 is 0.780 bits per heavy atom. The van der Waals surface area contributed by atoms with Crippen molar-refractivity contribution in [3.05, 3.63) is 170 Å². The van der Waals surface area contributed by atoms with E-state index in [9.17, 15) is 0 Å². The van der Waals surface area contributed by atoms with Gasteiger partial charge < -0.3 is 8.83 Å². The lowest BCUT2D eigenvalue weighted by Crippen LogP contribution is -1.96. The summed E-state index contributed by atoms with van der Waals surface area (Å²) in [5.41, 5.74) is 12.3. The maximum Gasteiger partial charge on any atom is 0.160 e. The van der Waals surface area contributed by atoms with Crippen molar-refractivity contribution in [1.82, 2.24) is 9.97 Å². The van der Waals surface area contributed by atoms with Gasteiger partial charge in [-0.05, 0) is 23.8 Å². The van der Waals surface area contributed by atoms with E-state index in [2.05, 4.69) is 121 Å². The molecule has 0 fully saturated rings. The molecule has 0 spiro atoms. The molecule has 0 unspecified atom stereocenters. The van der Waals surface area contributed by atoms with Crippen LogP contribution in [0, 0.1) is 0 Å².